The summed E-state index contributed by atoms with van der Waals surface area (Å²) in [6, 6.07) is 7.77. The zero-order valence-corrected chi connectivity index (χ0v) is 11.9. The first-order valence-electron chi connectivity index (χ1n) is 7.03. The average Bonchev–Trinajstić information content (AvgIpc) is 2.65. The van der Waals surface area contributed by atoms with Crippen LogP contribution < -0.4 is 10.6 Å². The van der Waals surface area contributed by atoms with Crippen LogP contribution in [0.15, 0.2) is 24.3 Å². The number of anilines is 1. The van der Waals surface area contributed by atoms with Crippen LogP contribution in [0.25, 0.3) is 0 Å². The fraction of sp³-hybridized carbons (Fsp3) is 0.533. The van der Waals surface area contributed by atoms with E-state index in [1.165, 1.54) is 25.7 Å². The Kier molecular flexibility index (Phi) is 5.52. The average molecular weight is 281 g/mol. The normalized spacial score (nSPS) is 16.7. The van der Waals surface area contributed by atoms with Gasteiger partial charge in [-0.2, -0.15) is 0 Å². The molecule has 1 amide bonds. The van der Waals surface area contributed by atoms with Crippen LogP contribution in [-0.4, -0.2) is 18.5 Å². The third-order valence-electron chi connectivity index (χ3n) is 3.50. The predicted octanol–water partition coefficient (Wildman–Crippen LogP) is 3.59. The maximum Gasteiger partial charge on any atom is 0.239 e. The second kappa shape index (κ2) is 7.39. The molecule has 3 nitrogen and oxygen atoms in total. The molecule has 4 heteroatoms. The Morgan fingerprint density at radius 1 is 1.21 bits per heavy atom. The Morgan fingerprint density at radius 2 is 1.95 bits per heavy atom. The van der Waals surface area contributed by atoms with Crippen molar-refractivity contribution in [2.24, 2.45) is 0 Å². The summed E-state index contributed by atoms with van der Waals surface area (Å²) >= 11 is 5.89. The summed E-state index contributed by atoms with van der Waals surface area (Å²) in [6.07, 6.45) is 7.28. The van der Waals surface area contributed by atoms with Crippen molar-refractivity contribution in [1.82, 2.24) is 5.32 Å². The van der Waals surface area contributed by atoms with Gasteiger partial charge in [-0.3, -0.25) is 4.79 Å². The molecule has 1 aliphatic carbocycles. The van der Waals surface area contributed by atoms with Gasteiger partial charge in [0.05, 0.1) is 6.54 Å². The first-order chi connectivity index (χ1) is 9.24. The summed E-state index contributed by atoms with van der Waals surface area (Å²) in [5.74, 6) is 0.0619. The number of halogens is 1. The van der Waals surface area contributed by atoms with Gasteiger partial charge in [-0.05, 0) is 31.0 Å². The van der Waals surface area contributed by atoms with Crippen molar-refractivity contribution in [3.05, 3.63) is 29.3 Å². The molecule has 2 N–H and O–H groups in total. The lowest BCUT2D eigenvalue weighted by Crippen LogP contribution is -2.38. The van der Waals surface area contributed by atoms with Gasteiger partial charge in [-0.25, -0.2) is 0 Å². The topological polar surface area (TPSA) is 41.1 Å². The minimum absolute atomic E-state index is 0.0619. The molecule has 0 heterocycles. The second-order valence-electron chi connectivity index (χ2n) is 5.12. The highest BCUT2D eigenvalue weighted by molar-refractivity contribution is 6.30. The summed E-state index contributed by atoms with van der Waals surface area (Å²) in [5, 5.41) is 6.88. The molecule has 1 aliphatic rings. The second-order valence-corrected chi connectivity index (χ2v) is 5.56. The molecule has 0 aromatic heterocycles. The van der Waals surface area contributed by atoms with Gasteiger partial charge in [0, 0.05) is 16.8 Å². The Labute approximate surface area is 119 Å². The molecule has 2 rings (SSSR count). The van der Waals surface area contributed by atoms with E-state index in [0.717, 1.165) is 18.5 Å². The quantitative estimate of drug-likeness (QED) is 0.828. The van der Waals surface area contributed by atoms with Gasteiger partial charge >= 0.3 is 0 Å². The van der Waals surface area contributed by atoms with E-state index in [1.54, 1.807) is 0 Å². The number of carbonyl (C=O) groups is 1. The van der Waals surface area contributed by atoms with Crippen molar-refractivity contribution in [2.75, 3.05) is 11.9 Å². The highest BCUT2D eigenvalue weighted by atomic mass is 35.5. The fourth-order valence-corrected chi connectivity index (χ4v) is 2.67. The van der Waals surface area contributed by atoms with Crippen molar-refractivity contribution in [1.29, 1.82) is 0 Å². The third-order valence-corrected chi connectivity index (χ3v) is 3.73. The van der Waals surface area contributed by atoms with E-state index in [0.29, 0.717) is 17.6 Å². The van der Waals surface area contributed by atoms with Crippen LogP contribution in [0.1, 0.15) is 38.5 Å². The Bertz CT molecular complexity index is 414. The van der Waals surface area contributed by atoms with Crippen molar-refractivity contribution < 1.29 is 4.79 Å². The summed E-state index contributed by atoms with van der Waals surface area (Å²) in [4.78, 5) is 11.9. The van der Waals surface area contributed by atoms with Crippen LogP contribution in [0.3, 0.4) is 0 Å². The summed E-state index contributed by atoms with van der Waals surface area (Å²) in [5.41, 5.74) is 0.878. The minimum Gasteiger partial charge on any atom is -0.376 e. The third kappa shape index (κ3) is 5.11. The molecule has 0 aliphatic heterocycles. The van der Waals surface area contributed by atoms with Crippen LogP contribution in [0, 0.1) is 0 Å². The van der Waals surface area contributed by atoms with Gasteiger partial charge in [0.2, 0.25) is 5.91 Å². The van der Waals surface area contributed by atoms with E-state index in [4.69, 9.17) is 11.6 Å². The Morgan fingerprint density at radius 3 is 2.63 bits per heavy atom. The molecule has 1 fully saturated rings. The first-order valence-corrected chi connectivity index (χ1v) is 7.40. The number of hydrogen-bond donors (Lipinski definition) is 2. The maximum atomic E-state index is 11.9. The monoisotopic (exact) mass is 280 g/mol. The lowest BCUT2D eigenvalue weighted by Gasteiger charge is -2.16. The fourth-order valence-electron chi connectivity index (χ4n) is 2.48. The molecule has 104 valence electrons. The molecule has 0 bridgehead atoms. The molecule has 0 radical (unpaired) electrons. The molecule has 0 atom stereocenters. The summed E-state index contributed by atoms with van der Waals surface area (Å²) < 4.78 is 0. The minimum atomic E-state index is 0.0619. The molecular formula is C15H21ClN2O. The van der Waals surface area contributed by atoms with Gasteiger partial charge in [0.25, 0.3) is 0 Å². The largest absolute Gasteiger partial charge is 0.376 e. The van der Waals surface area contributed by atoms with Crippen molar-refractivity contribution in [2.45, 2.75) is 44.6 Å². The van der Waals surface area contributed by atoms with Gasteiger partial charge in [-0.15, -0.1) is 0 Å². The summed E-state index contributed by atoms with van der Waals surface area (Å²) in [6.45, 7) is 0.302. The Hall–Kier alpha value is -1.22. The zero-order valence-electron chi connectivity index (χ0n) is 11.1. The van der Waals surface area contributed by atoms with Crippen molar-refractivity contribution in [3.63, 3.8) is 0 Å². The molecular weight excluding hydrogens is 260 g/mol. The smallest absolute Gasteiger partial charge is 0.239 e. The van der Waals surface area contributed by atoms with Gasteiger partial charge in [-0.1, -0.05) is 43.4 Å². The van der Waals surface area contributed by atoms with Crippen LogP contribution in [0.4, 0.5) is 5.69 Å². The van der Waals surface area contributed by atoms with Crippen LogP contribution in [-0.2, 0) is 4.79 Å². The SMILES string of the molecule is O=C(CNc1cccc(Cl)c1)NC1CCCCCC1. The maximum absolute atomic E-state index is 11.9. The Balaban J connectivity index is 1.74. The van der Waals surface area contributed by atoms with E-state index in [-0.39, 0.29) is 5.91 Å². The highest BCUT2D eigenvalue weighted by Crippen LogP contribution is 2.17. The van der Waals surface area contributed by atoms with E-state index in [2.05, 4.69) is 10.6 Å². The lowest BCUT2D eigenvalue weighted by atomic mass is 10.1. The molecule has 1 saturated carbocycles. The van der Waals surface area contributed by atoms with Gasteiger partial charge in [0.1, 0.15) is 0 Å². The number of amides is 1. The van der Waals surface area contributed by atoms with Crippen LogP contribution in [0.2, 0.25) is 5.02 Å². The van der Waals surface area contributed by atoms with Crippen molar-refractivity contribution >= 4 is 23.2 Å². The molecule has 0 saturated heterocycles. The number of nitrogens with one attached hydrogen (secondary N) is 2. The zero-order chi connectivity index (χ0) is 13.5. The standard InChI is InChI=1S/C15H21ClN2O/c16-12-6-5-9-14(10-12)17-11-15(19)18-13-7-3-1-2-4-8-13/h5-6,9-10,13,17H,1-4,7-8,11H2,(H,18,19). The molecule has 1 aromatic rings. The van der Waals surface area contributed by atoms with Gasteiger partial charge < -0.3 is 10.6 Å². The van der Waals surface area contributed by atoms with Gasteiger partial charge in [0.15, 0.2) is 0 Å². The van der Waals surface area contributed by atoms with Crippen LogP contribution >= 0.6 is 11.6 Å². The molecule has 19 heavy (non-hydrogen) atoms. The molecule has 1 aromatic carbocycles. The number of carbonyl (C=O) groups excluding carboxylic acids is 1. The molecule has 0 spiro atoms. The lowest BCUT2D eigenvalue weighted by molar-refractivity contribution is -0.120. The van der Waals surface area contributed by atoms with E-state index >= 15 is 0 Å². The molecule has 0 unspecified atom stereocenters. The summed E-state index contributed by atoms with van der Waals surface area (Å²) in [7, 11) is 0. The number of rotatable bonds is 4. The number of benzene rings is 1. The van der Waals surface area contributed by atoms with E-state index in [9.17, 15) is 4.79 Å². The highest BCUT2D eigenvalue weighted by Gasteiger charge is 2.14. The number of hydrogen-bond acceptors (Lipinski definition) is 2. The first kappa shape index (κ1) is 14.2. The van der Waals surface area contributed by atoms with Crippen LogP contribution in [0.5, 0.6) is 0 Å². The van der Waals surface area contributed by atoms with E-state index < -0.39 is 0 Å². The predicted molar refractivity (Wildman–Crippen MR) is 79.6 cm³/mol. The van der Waals surface area contributed by atoms with E-state index in [1.807, 2.05) is 24.3 Å². The van der Waals surface area contributed by atoms with Crippen molar-refractivity contribution in [3.8, 4) is 0 Å².